The average molecular weight is 550 g/mol. The van der Waals surface area contributed by atoms with Crippen LogP contribution in [0.4, 0.5) is 0 Å². The van der Waals surface area contributed by atoms with Gasteiger partial charge in [-0.2, -0.15) is 0 Å². The molecule has 2 rings (SSSR count). The van der Waals surface area contributed by atoms with Crippen molar-refractivity contribution < 1.29 is 17.9 Å². The van der Waals surface area contributed by atoms with E-state index >= 15 is 0 Å². The Kier molecular flexibility index (Phi) is 10.3. The Labute approximate surface area is 195 Å². The zero-order chi connectivity index (χ0) is 21.5. The van der Waals surface area contributed by atoms with Crippen molar-refractivity contribution >= 4 is 40.0 Å². The summed E-state index contributed by atoms with van der Waals surface area (Å²) in [6, 6.07) is 10.2. The van der Waals surface area contributed by atoms with Gasteiger partial charge in [-0.1, -0.05) is 17.7 Å². The van der Waals surface area contributed by atoms with Crippen molar-refractivity contribution in [3.8, 4) is 0 Å². The van der Waals surface area contributed by atoms with Gasteiger partial charge in [0.2, 0.25) is 10.0 Å². The zero-order valence-electron chi connectivity index (χ0n) is 17.7. The first-order valence-corrected chi connectivity index (χ1v) is 11.0. The number of nitrogens with one attached hydrogen (secondary N) is 3. The second-order valence-corrected chi connectivity index (χ2v) is 8.78. The van der Waals surface area contributed by atoms with Gasteiger partial charge in [0, 0.05) is 19.6 Å². The SMILES string of the molecule is CCNC(=NCC(C)(O)c1ccc(C)o1)NCCNS(=O)(=O)c1ccc(C)cc1.I. The summed E-state index contributed by atoms with van der Waals surface area (Å²) < 4.78 is 32.6. The first-order chi connectivity index (χ1) is 13.6. The number of aliphatic imine (C=N–C) groups is 1. The van der Waals surface area contributed by atoms with Gasteiger partial charge in [0.15, 0.2) is 5.96 Å². The molecule has 1 aromatic carbocycles. The quantitative estimate of drug-likeness (QED) is 0.165. The van der Waals surface area contributed by atoms with Crippen LogP contribution in [0.5, 0.6) is 0 Å². The van der Waals surface area contributed by atoms with Crippen molar-refractivity contribution in [2.24, 2.45) is 4.99 Å². The lowest BCUT2D eigenvalue weighted by Gasteiger charge is -2.19. The van der Waals surface area contributed by atoms with Crippen LogP contribution < -0.4 is 15.4 Å². The standard InChI is InChI=1S/C20H30N4O4S.HI/c1-5-21-19(23-14-20(4,25)18-11-8-16(3)28-18)22-12-13-24-29(26,27)17-9-6-15(2)7-10-17;/h6-11,24-25H,5,12-14H2,1-4H3,(H2,21,22,23);1H. The number of guanidine groups is 1. The van der Waals surface area contributed by atoms with E-state index in [1.54, 1.807) is 43.3 Å². The summed E-state index contributed by atoms with van der Waals surface area (Å²) >= 11 is 0. The molecule has 8 nitrogen and oxygen atoms in total. The minimum absolute atomic E-state index is 0. The molecule has 0 saturated carbocycles. The van der Waals surface area contributed by atoms with Gasteiger partial charge in [0.25, 0.3) is 0 Å². The van der Waals surface area contributed by atoms with E-state index in [0.717, 1.165) is 11.3 Å². The fourth-order valence-electron chi connectivity index (χ4n) is 2.54. The maximum atomic E-state index is 12.3. The molecule has 0 saturated heterocycles. The first-order valence-electron chi connectivity index (χ1n) is 9.52. The molecule has 0 aliphatic heterocycles. The Morgan fingerprint density at radius 1 is 1.10 bits per heavy atom. The Morgan fingerprint density at radius 3 is 2.33 bits per heavy atom. The Hall–Kier alpha value is -1.63. The van der Waals surface area contributed by atoms with E-state index in [4.69, 9.17) is 4.42 Å². The maximum absolute atomic E-state index is 12.3. The normalized spacial score (nSPS) is 14.0. The van der Waals surface area contributed by atoms with Crippen molar-refractivity contribution in [2.75, 3.05) is 26.2 Å². The largest absolute Gasteiger partial charge is 0.463 e. The third kappa shape index (κ3) is 7.89. The Balaban J connectivity index is 0.00000450. The number of nitrogens with zero attached hydrogens (tertiary/aromatic N) is 1. The molecule has 1 heterocycles. The van der Waals surface area contributed by atoms with Crippen molar-refractivity contribution in [3.63, 3.8) is 0 Å². The summed E-state index contributed by atoms with van der Waals surface area (Å²) in [6.45, 7) is 8.51. The molecule has 0 aliphatic rings. The summed E-state index contributed by atoms with van der Waals surface area (Å²) in [5.41, 5.74) is -0.249. The number of sulfonamides is 1. The fourth-order valence-corrected chi connectivity index (χ4v) is 3.58. The first kappa shape index (κ1) is 26.4. The van der Waals surface area contributed by atoms with Gasteiger partial charge in [-0.15, -0.1) is 24.0 Å². The second kappa shape index (κ2) is 11.7. The molecule has 0 spiro atoms. The maximum Gasteiger partial charge on any atom is 0.240 e. The van der Waals surface area contributed by atoms with Crippen LogP contribution in [-0.4, -0.2) is 45.7 Å². The predicted octanol–water partition coefficient (Wildman–Crippen LogP) is 2.26. The minimum Gasteiger partial charge on any atom is -0.463 e. The number of rotatable bonds is 9. The summed E-state index contributed by atoms with van der Waals surface area (Å²) in [5.74, 6) is 1.64. The summed E-state index contributed by atoms with van der Waals surface area (Å²) in [7, 11) is -3.56. The molecule has 30 heavy (non-hydrogen) atoms. The van der Waals surface area contributed by atoms with Crippen molar-refractivity contribution in [1.82, 2.24) is 15.4 Å². The lowest BCUT2D eigenvalue weighted by molar-refractivity contribution is 0.0428. The highest BCUT2D eigenvalue weighted by Gasteiger charge is 2.26. The molecule has 2 aromatic rings. The Morgan fingerprint density at radius 2 is 1.77 bits per heavy atom. The molecule has 1 atom stereocenters. The average Bonchev–Trinajstić information content (AvgIpc) is 3.11. The van der Waals surface area contributed by atoms with E-state index in [9.17, 15) is 13.5 Å². The van der Waals surface area contributed by atoms with Crippen LogP contribution in [0.2, 0.25) is 0 Å². The molecular formula is C20H31IN4O4S. The summed E-state index contributed by atoms with van der Waals surface area (Å²) in [6.07, 6.45) is 0. The van der Waals surface area contributed by atoms with Crippen LogP contribution in [0, 0.1) is 13.8 Å². The third-order valence-electron chi connectivity index (χ3n) is 4.20. The monoisotopic (exact) mass is 550 g/mol. The van der Waals surface area contributed by atoms with Crippen molar-refractivity contribution in [1.29, 1.82) is 0 Å². The van der Waals surface area contributed by atoms with Crippen LogP contribution in [0.25, 0.3) is 0 Å². The number of hydrogen-bond donors (Lipinski definition) is 4. The molecule has 1 unspecified atom stereocenters. The van der Waals surface area contributed by atoms with E-state index in [-0.39, 0.29) is 42.0 Å². The van der Waals surface area contributed by atoms with E-state index in [0.29, 0.717) is 24.8 Å². The van der Waals surface area contributed by atoms with E-state index in [1.807, 2.05) is 20.8 Å². The molecule has 10 heteroatoms. The van der Waals surface area contributed by atoms with Crippen LogP contribution in [0.1, 0.15) is 30.9 Å². The number of hydrogen-bond acceptors (Lipinski definition) is 5. The number of aryl methyl sites for hydroxylation is 2. The molecule has 0 aliphatic carbocycles. The predicted molar refractivity (Wildman–Crippen MR) is 129 cm³/mol. The van der Waals surface area contributed by atoms with Gasteiger partial charge in [0.05, 0.1) is 11.4 Å². The van der Waals surface area contributed by atoms with Crippen LogP contribution in [0.3, 0.4) is 0 Å². The van der Waals surface area contributed by atoms with Gasteiger partial charge >= 0.3 is 0 Å². The topological polar surface area (TPSA) is 116 Å². The Bertz CT molecular complexity index is 925. The number of aliphatic hydroxyl groups is 1. The molecule has 1 aromatic heterocycles. The molecule has 4 N–H and O–H groups in total. The summed E-state index contributed by atoms with van der Waals surface area (Å²) in [5, 5.41) is 16.7. The smallest absolute Gasteiger partial charge is 0.240 e. The number of halogens is 1. The molecule has 0 amide bonds. The molecule has 0 fully saturated rings. The van der Waals surface area contributed by atoms with E-state index in [2.05, 4.69) is 20.3 Å². The van der Waals surface area contributed by atoms with Gasteiger partial charge in [-0.3, -0.25) is 0 Å². The lowest BCUT2D eigenvalue weighted by Crippen LogP contribution is -2.42. The summed E-state index contributed by atoms with van der Waals surface area (Å²) in [4.78, 5) is 4.61. The lowest BCUT2D eigenvalue weighted by atomic mass is 10.0. The number of benzene rings is 1. The van der Waals surface area contributed by atoms with Gasteiger partial charge in [-0.25, -0.2) is 18.1 Å². The molecule has 0 radical (unpaired) electrons. The molecule has 168 valence electrons. The van der Waals surface area contributed by atoms with Crippen molar-refractivity contribution in [3.05, 3.63) is 53.5 Å². The molecular weight excluding hydrogens is 519 g/mol. The van der Waals surface area contributed by atoms with Crippen LogP contribution >= 0.6 is 24.0 Å². The highest BCUT2D eigenvalue weighted by atomic mass is 127. The van der Waals surface area contributed by atoms with E-state index in [1.165, 1.54) is 0 Å². The second-order valence-electron chi connectivity index (χ2n) is 7.02. The highest BCUT2D eigenvalue weighted by molar-refractivity contribution is 14.0. The van der Waals surface area contributed by atoms with Crippen LogP contribution in [0.15, 0.2) is 50.7 Å². The molecule has 0 bridgehead atoms. The third-order valence-corrected chi connectivity index (χ3v) is 5.68. The fraction of sp³-hybridized carbons (Fsp3) is 0.450. The van der Waals surface area contributed by atoms with Crippen molar-refractivity contribution in [2.45, 2.75) is 38.2 Å². The van der Waals surface area contributed by atoms with Crippen LogP contribution in [-0.2, 0) is 15.6 Å². The van der Waals surface area contributed by atoms with Gasteiger partial charge in [-0.05, 0) is 52.0 Å². The van der Waals surface area contributed by atoms with Gasteiger partial charge in [0.1, 0.15) is 17.1 Å². The number of furan rings is 1. The zero-order valence-corrected chi connectivity index (χ0v) is 20.9. The van der Waals surface area contributed by atoms with Gasteiger partial charge < -0.3 is 20.2 Å². The minimum atomic E-state index is -3.56. The van der Waals surface area contributed by atoms with E-state index < -0.39 is 15.6 Å². The highest BCUT2D eigenvalue weighted by Crippen LogP contribution is 2.23.